The summed E-state index contributed by atoms with van der Waals surface area (Å²) in [6.07, 6.45) is 3.70. The maximum atomic E-state index is 11.9. The van der Waals surface area contributed by atoms with Gasteiger partial charge in [-0.25, -0.2) is 9.97 Å². The topological polar surface area (TPSA) is 49.3 Å². The predicted molar refractivity (Wildman–Crippen MR) is 67.2 cm³/mol. The standard InChI is InChI=1S/C11H17ClN4O/c1-15(2)5-4-6-16(3)11(17)9-7-14-10(12)8-13-9/h7-8H,4-6H2,1-3H3. The first-order valence-corrected chi connectivity index (χ1v) is 5.76. The summed E-state index contributed by atoms with van der Waals surface area (Å²) in [5.74, 6) is -0.132. The Morgan fingerprint density at radius 1 is 1.24 bits per heavy atom. The second-order valence-corrected chi connectivity index (χ2v) is 4.50. The van der Waals surface area contributed by atoms with Gasteiger partial charge in [-0.3, -0.25) is 4.79 Å². The van der Waals surface area contributed by atoms with Crippen LogP contribution in [0.4, 0.5) is 0 Å². The first-order valence-electron chi connectivity index (χ1n) is 5.38. The molecular formula is C11H17ClN4O. The van der Waals surface area contributed by atoms with Crippen LogP contribution in [0, 0.1) is 0 Å². The van der Waals surface area contributed by atoms with Crippen molar-refractivity contribution in [2.24, 2.45) is 0 Å². The van der Waals surface area contributed by atoms with Gasteiger partial charge in [0.1, 0.15) is 10.8 Å². The highest BCUT2D eigenvalue weighted by molar-refractivity contribution is 6.29. The Kier molecular flexibility index (Phi) is 5.31. The average molecular weight is 257 g/mol. The lowest BCUT2D eigenvalue weighted by Crippen LogP contribution is -2.30. The van der Waals surface area contributed by atoms with E-state index in [0.717, 1.165) is 13.0 Å². The van der Waals surface area contributed by atoms with Gasteiger partial charge < -0.3 is 9.80 Å². The highest BCUT2D eigenvalue weighted by Crippen LogP contribution is 2.04. The Labute approximate surface area is 106 Å². The minimum absolute atomic E-state index is 0.132. The molecule has 0 atom stereocenters. The lowest BCUT2D eigenvalue weighted by Gasteiger charge is -2.17. The molecule has 17 heavy (non-hydrogen) atoms. The molecule has 1 heterocycles. The van der Waals surface area contributed by atoms with Gasteiger partial charge in [0, 0.05) is 13.6 Å². The molecule has 5 nitrogen and oxygen atoms in total. The van der Waals surface area contributed by atoms with Gasteiger partial charge in [-0.2, -0.15) is 0 Å². The summed E-state index contributed by atoms with van der Waals surface area (Å²) in [6, 6.07) is 0. The Hall–Kier alpha value is -1.20. The molecule has 0 N–H and O–H groups in total. The number of amides is 1. The third kappa shape index (κ3) is 4.66. The molecule has 0 fully saturated rings. The predicted octanol–water partition coefficient (Wildman–Crippen LogP) is 1.15. The second-order valence-electron chi connectivity index (χ2n) is 4.11. The minimum Gasteiger partial charge on any atom is -0.340 e. The van der Waals surface area contributed by atoms with Crippen LogP contribution in [0.3, 0.4) is 0 Å². The van der Waals surface area contributed by atoms with Crippen molar-refractivity contribution in [3.8, 4) is 0 Å². The van der Waals surface area contributed by atoms with Crippen LogP contribution in [0.15, 0.2) is 12.4 Å². The molecule has 1 aromatic heterocycles. The maximum absolute atomic E-state index is 11.9. The van der Waals surface area contributed by atoms with Crippen molar-refractivity contribution in [1.82, 2.24) is 19.8 Å². The summed E-state index contributed by atoms with van der Waals surface area (Å²) in [7, 11) is 5.77. The van der Waals surface area contributed by atoms with E-state index in [0.29, 0.717) is 12.2 Å². The zero-order valence-electron chi connectivity index (χ0n) is 10.4. The van der Waals surface area contributed by atoms with Crippen molar-refractivity contribution in [1.29, 1.82) is 0 Å². The van der Waals surface area contributed by atoms with Crippen molar-refractivity contribution in [3.63, 3.8) is 0 Å². The SMILES string of the molecule is CN(C)CCCN(C)C(=O)c1cnc(Cl)cn1. The molecule has 1 aromatic rings. The average Bonchev–Trinajstić information content (AvgIpc) is 2.28. The summed E-state index contributed by atoms with van der Waals surface area (Å²) >= 11 is 5.61. The first kappa shape index (κ1) is 13.9. The van der Waals surface area contributed by atoms with Gasteiger partial charge in [-0.05, 0) is 27.1 Å². The van der Waals surface area contributed by atoms with Gasteiger partial charge in [-0.1, -0.05) is 11.6 Å². The van der Waals surface area contributed by atoms with E-state index < -0.39 is 0 Å². The normalized spacial score (nSPS) is 10.6. The van der Waals surface area contributed by atoms with Crippen LogP contribution >= 0.6 is 11.6 Å². The monoisotopic (exact) mass is 256 g/mol. The summed E-state index contributed by atoms with van der Waals surface area (Å²) in [6.45, 7) is 1.64. The minimum atomic E-state index is -0.132. The molecule has 94 valence electrons. The van der Waals surface area contributed by atoms with Gasteiger partial charge in [0.25, 0.3) is 5.91 Å². The third-order valence-electron chi connectivity index (χ3n) is 2.28. The van der Waals surface area contributed by atoms with Crippen LogP contribution in [0.5, 0.6) is 0 Å². The van der Waals surface area contributed by atoms with E-state index in [1.54, 1.807) is 11.9 Å². The van der Waals surface area contributed by atoms with Crippen LogP contribution < -0.4 is 0 Å². The first-order chi connectivity index (χ1) is 8.00. The van der Waals surface area contributed by atoms with Crippen molar-refractivity contribution in [2.45, 2.75) is 6.42 Å². The zero-order chi connectivity index (χ0) is 12.8. The molecule has 0 saturated carbocycles. The van der Waals surface area contributed by atoms with Crippen molar-refractivity contribution >= 4 is 17.5 Å². The van der Waals surface area contributed by atoms with E-state index >= 15 is 0 Å². The molecule has 0 aliphatic rings. The number of rotatable bonds is 5. The maximum Gasteiger partial charge on any atom is 0.273 e. The summed E-state index contributed by atoms with van der Waals surface area (Å²) in [5, 5.41) is 0.289. The molecule has 0 unspecified atom stereocenters. The van der Waals surface area contributed by atoms with Gasteiger partial charge in [-0.15, -0.1) is 0 Å². The number of halogens is 1. The molecule has 0 saturated heterocycles. The molecule has 0 radical (unpaired) electrons. The molecular weight excluding hydrogens is 240 g/mol. The highest BCUT2D eigenvalue weighted by atomic mass is 35.5. The van der Waals surface area contributed by atoms with Gasteiger partial charge in [0.05, 0.1) is 12.4 Å². The fourth-order valence-electron chi connectivity index (χ4n) is 1.34. The molecule has 0 spiro atoms. The fraction of sp³-hybridized carbons (Fsp3) is 0.545. The summed E-state index contributed by atoms with van der Waals surface area (Å²) in [5.41, 5.74) is 0.321. The number of carbonyl (C=O) groups excluding carboxylic acids is 1. The molecule has 0 aromatic carbocycles. The molecule has 0 aliphatic carbocycles. The lowest BCUT2D eigenvalue weighted by atomic mass is 10.3. The number of hydrogen-bond acceptors (Lipinski definition) is 4. The van der Waals surface area contributed by atoms with Crippen LogP contribution in [0.2, 0.25) is 5.15 Å². The van der Waals surface area contributed by atoms with Crippen molar-refractivity contribution < 1.29 is 4.79 Å². The van der Waals surface area contributed by atoms with Gasteiger partial charge in [0.2, 0.25) is 0 Å². The van der Waals surface area contributed by atoms with Crippen LogP contribution in [-0.2, 0) is 0 Å². The van der Waals surface area contributed by atoms with E-state index in [-0.39, 0.29) is 11.1 Å². The Bertz CT molecular complexity index is 366. The van der Waals surface area contributed by atoms with Crippen LogP contribution in [0.25, 0.3) is 0 Å². The van der Waals surface area contributed by atoms with Crippen molar-refractivity contribution in [3.05, 3.63) is 23.2 Å². The number of hydrogen-bond donors (Lipinski definition) is 0. The van der Waals surface area contributed by atoms with Crippen LogP contribution in [-0.4, -0.2) is 59.9 Å². The summed E-state index contributed by atoms with van der Waals surface area (Å²) in [4.78, 5) is 23.4. The molecule has 1 rings (SSSR count). The van der Waals surface area contributed by atoms with Gasteiger partial charge in [0.15, 0.2) is 0 Å². The van der Waals surface area contributed by atoms with E-state index in [2.05, 4.69) is 14.9 Å². The largest absolute Gasteiger partial charge is 0.340 e. The molecule has 0 bridgehead atoms. The van der Waals surface area contributed by atoms with Crippen LogP contribution in [0.1, 0.15) is 16.9 Å². The van der Waals surface area contributed by atoms with E-state index in [1.165, 1.54) is 12.4 Å². The number of carbonyl (C=O) groups is 1. The highest BCUT2D eigenvalue weighted by Gasteiger charge is 2.12. The van der Waals surface area contributed by atoms with E-state index in [4.69, 9.17) is 11.6 Å². The van der Waals surface area contributed by atoms with Crippen molar-refractivity contribution in [2.75, 3.05) is 34.2 Å². The molecule has 1 amide bonds. The number of nitrogens with zero attached hydrogens (tertiary/aromatic N) is 4. The fourth-order valence-corrected chi connectivity index (χ4v) is 1.44. The number of aromatic nitrogens is 2. The zero-order valence-corrected chi connectivity index (χ0v) is 11.1. The Morgan fingerprint density at radius 2 is 1.94 bits per heavy atom. The summed E-state index contributed by atoms with van der Waals surface area (Å²) < 4.78 is 0. The Balaban J connectivity index is 2.49. The molecule has 6 heteroatoms. The second kappa shape index (κ2) is 6.51. The lowest BCUT2D eigenvalue weighted by molar-refractivity contribution is 0.0784. The van der Waals surface area contributed by atoms with Gasteiger partial charge >= 0.3 is 0 Å². The van der Waals surface area contributed by atoms with E-state index in [1.807, 2.05) is 14.1 Å². The third-order valence-corrected chi connectivity index (χ3v) is 2.48. The van der Waals surface area contributed by atoms with E-state index in [9.17, 15) is 4.79 Å². The smallest absolute Gasteiger partial charge is 0.273 e. The Morgan fingerprint density at radius 3 is 2.47 bits per heavy atom. The molecule has 0 aliphatic heterocycles. The quantitative estimate of drug-likeness (QED) is 0.793.